The highest BCUT2D eigenvalue weighted by Crippen LogP contribution is 2.46. The molecule has 2 nitrogen and oxygen atoms in total. The lowest BCUT2D eigenvalue weighted by atomic mass is 9.73. The molecule has 0 unspecified atom stereocenters. The Labute approximate surface area is 146 Å². The fourth-order valence-electron chi connectivity index (χ4n) is 5.12. The van der Waals surface area contributed by atoms with E-state index in [-0.39, 0.29) is 5.66 Å². The topological polar surface area (TPSA) is 24.1 Å². The van der Waals surface area contributed by atoms with Crippen LogP contribution >= 0.6 is 0 Å². The minimum absolute atomic E-state index is 0.0546. The molecule has 2 heteroatoms. The zero-order valence-corrected chi connectivity index (χ0v) is 15.3. The van der Waals surface area contributed by atoms with Crippen molar-refractivity contribution in [1.82, 2.24) is 0 Å². The summed E-state index contributed by atoms with van der Waals surface area (Å²) in [5.41, 5.74) is 4.03. The predicted octanol–water partition coefficient (Wildman–Crippen LogP) is 6.31. The van der Waals surface area contributed by atoms with Gasteiger partial charge in [0.15, 0.2) is 0 Å². The molecule has 2 aromatic rings. The van der Waals surface area contributed by atoms with Crippen LogP contribution < -0.4 is 10.6 Å². The van der Waals surface area contributed by atoms with Crippen molar-refractivity contribution in [3.8, 4) is 0 Å². The second kappa shape index (κ2) is 5.98. The van der Waals surface area contributed by atoms with Crippen LogP contribution in [0.3, 0.4) is 0 Å². The van der Waals surface area contributed by atoms with Crippen molar-refractivity contribution in [1.29, 1.82) is 0 Å². The molecule has 0 amide bonds. The van der Waals surface area contributed by atoms with Crippen molar-refractivity contribution in [2.24, 2.45) is 11.8 Å². The van der Waals surface area contributed by atoms with E-state index in [9.17, 15) is 0 Å². The van der Waals surface area contributed by atoms with Gasteiger partial charge in [-0.2, -0.15) is 0 Å². The highest BCUT2D eigenvalue weighted by Gasteiger charge is 2.39. The molecular formula is C22H30N2. The lowest BCUT2D eigenvalue weighted by molar-refractivity contribution is 0.196. The summed E-state index contributed by atoms with van der Waals surface area (Å²) in [7, 11) is 0. The van der Waals surface area contributed by atoms with Gasteiger partial charge < -0.3 is 10.6 Å². The maximum atomic E-state index is 3.89. The minimum atomic E-state index is 0.0546. The monoisotopic (exact) mass is 322 g/mol. The average Bonchev–Trinajstić information content (AvgIpc) is 2.61. The molecule has 1 saturated carbocycles. The average molecular weight is 322 g/mol. The van der Waals surface area contributed by atoms with Crippen molar-refractivity contribution in [3.63, 3.8) is 0 Å². The summed E-state index contributed by atoms with van der Waals surface area (Å²) in [4.78, 5) is 0. The number of hydrogen-bond donors (Lipinski definition) is 2. The molecule has 0 radical (unpaired) electrons. The quantitative estimate of drug-likeness (QED) is 0.692. The number of aryl methyl sites for hydroxylation is 1. The normalized spacial score (nSPS) is 25.8. The van der Waals surface area contributed by atoms with Gasteiger partial charge in [-0.25, -0.2) is 0 Å². The Morgan fingerprint density at radius 3 is 2.33 bits per heavy atom. The number of anilines is 2. The SMILES string of the molecule is CCC(CC)C1CCC2(CC1)Nc1cccc3c(C)ccc(c13)N2. The first-order valence-electron chi connectivity index (χ1n) is 9.74. The Morgan fingerprint density at radius 2 is 1.67 bits per heavy atom. The van der Waals surface area contributed by atoms with Crippen LogP contribution in [0.1, 0.15) is 57.9 Å². The molecule has 2 aromatic carbocycles. The van der Waals surface area contributed by atoms with Crippen LogP contribution in [0.4, 0.5) is 11.4 Å². The Hall–Kier alpha value is -1.70. The Balaban J connectivity index is 1.61. The van der Waals surface area contributed by atoms with Gasteiger partial charge in [0.25, 0.3) is 0 Å². The molecule has 0 atom stereocenters. The van der Waals surface area contributed by atoms with Gasteiger partial charge in [-0.05, 0) is 67.5 Å². The van der Waals surface area contributed by atoms with E-state index >= 15 is 0 Å². The molecule has 4 rings (SSSR count). The number of rotatable bonds is 3. The van der Waals surface area contributed by atoms with E-state index in [2.05, 4.69) is 61.7 Å². The summed E-state index contributed by atoms with van der Waals surface area (Å²) in [5, 5.41) is 10.5. The maximum Gasteiger partial charge on any atom is 0.108 e. The molecule has 1 heterocycles. The number of hydrogen-bond acceptors (Lipinski definition) is 2. The molecular weight excluding hydrogens is 292 g/mol. The summed E-state index contributed by atoms with van der Waals surface area (Å²) < 4.78 is 0. The molecule has 2 aliphatic rings. The van der Waals surface area contributed by atoms with Gasteiger partial charge in [0.05, 0.1) is 0 Å². The van der Waals surface area contributed by atoms with Crippen LogP contribution in [-0.4, -0.2) is 5.66 Å². The van der Waals surface area contributed by atoms with Crippen LogP contribution in [0.5, 0.6) is 0 Å². The summed E-state index contributed by atoms with van der Waals surface area (Å²) in [6.45, 7) is 6.91. The molecule has 2 N–H and O–H groups in total. The second-order valence-electron chi connectivity index (χ2n) is 7.90. The van der Waals surface area contributed by atoms with E-state index in [1.54, 1.807) is 0 Å². The third kappa shape index (κ3) is 2.47. The van der Waals surface area contributed by atoms with Crippen LogP contribution in [0, 0.1) is 18.8 Å². The van der Waals surface area contributed by atoms with Crippen LogP contribution in [0.2, 0.25) is 0 Å². The summed E-state index contributed by atoms with van der Waals surface area (Å²) in [5.74, 6) is 1.81. The Morgan fingerprint density at radius 1 is 1.00 bits per heavy atom. The standard InChI is InChI=1S/C22H30N2/c1-4-16(5-2)17-11-13-22(14-12-17)23-19-8-6-7-18-15(3)9-10-20(24-22)21(18)19/h6-10,16-17,23-24H,4-5,11-14H2,1-3H3. The van der Waals surface area contributed by atoms with Crippen LogP contribution in [0.15, 0.2) is 30.3 Å². The van der Waals surface area contributed by atoms with Gasteiger partial charge in [-0.3, -0.25) is 0 Å². The highest BCUT2D eigenvalue weighted by atomic mass is 15.2. The lowest BCUT2D eigenvalue weighted by Crippen LogP contribution is -2.51. The first-order chi connectivity index (χ1) is 11.7. The van der Waals surface area contributed by atoms with Crippen molar-refractivity contribution in [3.05, 3.63) is 35.9 Å². The first-order valence-corrected chi connectivity index (χ1v) is 9.74. The van der Waals surface area contributed by atoms with E-state index in [1.807, 2.05) is 0 Å². The van der Waals surface area contributed by atoms with Gasteiger partial charge in [-0.15, -0.1) is 0 Å². The summed E-state index contributed by atoms with van der Waals surface area (Å²) >= 11 is 0. The fourth-order valence-corrected chi connectivity index (χ4v) is 5.12. The Bertz CT molecular complexity index is 723. The van der Waals surface area contributed by atoms with E-state index in [0.717, 1.165) is 11.8 Å². The van der Waals surface area contributed by atoms with Crippen molar-refractivity contribution < 1.29 is 0 Å². The van der Waals surface area contributed by atoms with E-state index in [4.69, 9.17) is 0 Å². The van der Waals surface area contributed by atoms with Crippen molar-refractivity contribution in [2.75, 3.05) is 10.6 Å². The van der Waals surface area contributed by atoms with Gasteiger partial charge in [0, 0.05) is 16.8 Å². The molecule has 1 fully saturated rings. The summed E-state index contributed by atoms with van der Waals surface area (Å²) in [6.07, 6.45) is 7.77. The first kappa shape index (κ1) is 15.8. The maximum absolute atomic E-state index is 3.89. The summed E-state index contributed by atoms with van der Waals surface area (Å²) in [6, 6.07) is 11.2. The number of benzene rings is 2. The highest BCUT2D eigenvalue weighted by molar-refractivity contribution is 6.06. The largest absolute Gasteiger partial charge is 0.362 e. The van der Waals surface area contributed by atoms with Gasteiger partial charge in [0.1, 0.15) is 5.66 Å². The van der Waals surface area contributed by atoms with E-state index < -0.39 is 0 Å². The third-order valence-electron chi connectivity index (χ3n) is 6.61. The second-order valence-corrected chi connectivity index (χ2v) is 7.90. The predicted molar refractivity (Wildman–Crippen MR) is 105 cm³/mol. The molecule has 1 aliphatic heterocycles. The smallest absolute Gasteiger partial charge is 0.108 e. The van der Waals surface area contributed by atoms with Gasteiger partial charge in [0.2, 0.25) is 0 Å². The Kier molecular flexibility index (Phi) is 3.94. The van der Waals surface area contributed by atoms with E-state index in [0.29, 0.717) is 0 Å². The van der Waals surface area contributed by atoms with Gasteiger partial charge >= 0.3 is 0 Å². The van der Waals surface area contributed by atoms with Crippen molar-refractivity contribution in [2.45, 2.75) is 65.0 Å². The molecule has 128 valence electrons. The molecule has 0 aromatic heterocycles. The molecule has 0 saturated heterocycles. The molecule has 24 heavy (non-hydrogen) atoms. The zero-order valence-electron chi connectivity index (χ0n) is 15.3. The van der Waals surface area contributed by atoms with E-state index in [1.165, 1.54) is 66.2 Å². The van der Waals surface area contributed by atoms with Crippen LogP contribution in [-0.2, 0) is 0 Å². The van der Waals surface area contributed by atoms with Crippen LogP contribution in [0.25, 0.3) is 10.8 Å². The zero-order chi connectivity index (χ0) is 16.7. The van der Waals surface area contributed by atoms with Gasteiger partial charge in [-0.1, -0.05) is 44.9 Å². The third-order valence-corrected chi connectivity index (χ3v) is 6.61. The fraction of sp³-hybridized carbons (Fsp3) is 0.545. The molecule has 1 aliphatic carbocycles. The van der Waals surface area contributed by atoms with Crippen molar-refractivity contribution >= 4 is 22.1 Å². The molecule has 0 bridgehead atoms. The number of nitrogens with one attached hydrogen (secondary N) is 2. The minimum Gasteiger partial charge on any atom is -0.362 e. The lowest BCUT2D eigenvalue weighted by Gasteiger charge is -2.47. The molecule has 1 spiro atoms.